The van der Waals surface area contributed by atoms with Crippen molar-refractivity contribution in [3.63, 3.8) is 0 Å². The molecule has 0 amide bonds. The molecule has 0 saturated heterocycles. The van der Waals surface area contributed by atoms with Crippen LogP contribution in [0.5, 0.6) is 0 Å². The zero-order valence-electron chi connectivity index (χ0n) is 16.2. The van der Waals surface area contributed by atoms with E-state index in [1.807, 2.05) is 19.9 Å². The van der Waals surface area contributed by atoms with Crippen LogP contribution in [-0.2, 0) is 6.42 Å². The summed E-state index contributed by atoms with van der Waals surface area (Å²) in [5.41, 5.74) is 5.31. The van der Waals surface area contributed by atoms with Crippen LogP contribution >= 0.6 is 12.4 Å². The number of benzene rings is 2. The Labute approximate surface area is 171 Å². The normalized spacial score (nSPS) is 15.6. The summed E-state index contributed by atoms with van der Waals surface area (Å²) < 4.78 is 13.4. The van der Waals surface area contributed by atoms with Crippen molar-refractivity contribution in [2.45, 2.75) is 33.2 Å². The van der Waals surface area contributed by atoms with Crippen molar-refractivity contribution >= 4 is 29.9 Å². The van der Waals surface area contributed by atoms with Crippen LogP contribution in [0.15, 0.2) is 48.5 Å². The Morgan fingerprint density at radius 3 is 2.64 bits per heavy atom. The van der Waals surface area contributed by atoms with Crippen molar-refractivity contribution in [3.8, 4) is 0 Å². The number of fused-ring (bicyclic) bond motifs is 1. The second kappa shape index (κ2) is 8.15. The lowest BCUT2D eigenvalue weighted by Crippen LogP contribution is -2.35. The molecule has 1 aliphatic heterocycles. The Morgan fingerprint density at radius 1 is 1.07 bits per heavy atom. The highest BCUT2D eigenvalue weighted by molar-refractivity contribution is 5.85. The summed E-state index contributed by atoms with van der Waals surface area (Å²) >= 11 is 0. The minimum atomic E-state index is -0.238. The van der Waals surface area contributed by atoms with Crippen molar-refractivity contribution < 1.29 is 4.39 Å². The van der Waals surface area contributed by atoms with Crippen LogP contribution in [0.4, 0.5) is 21.8 Å². The van der Waals surface area contributed by atoms with E-state index in [4.69, 9.17) is 4.98 Å². The lowest BCUT2D eigenvalue weighted by Gasteiger charge is -2.35. The van der Waals surface area contributed by atoms with Gasteiger partial charge >= 0.3 is 0 Å². The molecule has 0 fully saturated rings. The maximum Gasteiger partial charge on any atom is 0.228 e. The van der Waals surface area contributed by atoms with Gasteiger partial charge in [-0.15, -0.1) is 12.4 Å². The first kappa shape index (κ1) is 20.1. The number of rotatable bonds is 3. The highest BCUT2D eigenvalue weighted by atomic mass is 35.5. The van der Waals surface area contributed by atoms with E-state index >= 15 is 0 Å². The number of halogens is 2. The van der Waals surface area contributed by atoms with Gasteiger partial charge in [0, 0.05) is 24.0 Å². The lowest BCUT2D eigenvalue weighted by molar-refractivity contribution is 0.607. The molecule has 4 nitrogen and oxygen atoms in total. The average Bonchev–Trinajstić information content (AvgIpc) is 2.64. The van der Waals surface area contributed by atoms with Gasteiger partial charge < -0.3 is 10.2 Å². The summed E-state index contributed by atoms with van der Waals surface area (Å²) in [4.78, 5) is 11.7. The van der Waals surface area contributed by atoms with Crippen LogP contribution in [0.25, 0.3) is 0 Å². The number of hydrogen-bond donors (Lipinski definition) is 1. The fourth-order valence-electron chi connectivity index (χ4n) is 3.70. The van der Waals surface area contributed by atoms with Crippen molar-refractivity contribution in [3.05, 3.63) is 76.7 Å². The fourth-order valence-corrected chi connectivity index (χ4v) is 3.70. The Hall–Kier alpha value is -2.66. The van der Waals surface area contributed by atoms with E-state index < -0.39 is 0 Å². The third kappa shape index (κ3) is 3.94. The smallest absolute Gasteiger partial charge is 0.228 e. The van der Waals surface area contributed by atoms with Gasteiger partial charge in [-0.25, -0.2) is 9.37 Å². The number of hydrogen-bond acceptors (Lipinski definition) is 4. The molecule has 0 spiro atoms. The molecular weight excluding hydrogens is 375 g/mol. The number of aromatic nitrogens is 2. The Bertz CT molecular complexity index is 992. The van der Waals surface area contributed by atoms with Gasteiger partial charge in [0.2, 0.25) is 5.95 Å². The SMILES string of the molecule is Cc1cc(Nc2ccc(F)cc2C)nc(N2CCc3ccccc3C2C)n1.Cl. The summed E-state index contributed by atoms with van der Waals surface area (Å²) in [7, 11) is 0. The first-order chi connectivity index (χ1) is 13.0. The highest BCUT2D eigenvalue weighted by Crippen LogP contribution is 2.32. The van der Waals surface area contributed by atoms with Crippen molar-refractivity contribution in [2.75, 3.05) is 16.8 Å². The standard InChI is InChI=1S/C22H23FN4.ClH/c1-14-12-18(23)8-9-20(14)25-21-13-15(2)24-22(26-21)27-11-10-17-6-4-5-7-19(17)16(27)3;/h4-9,12-13,16H,10-11H2,1-3H3,(H,24,25,26);1H. The maximum absolute atomic E-state index is 13.4. The average molecular weight is 399 g/mol. The minimum Gasteiger partial charge on any atom is -0.340 e. The van der Waals surface area contributed by atoms with Crippen LogP contribution < -0.4 is 10.2 Å². The summed E-state index contributed by atoms with van der Waals surface area (Å²) in [6.07, 6.45) is 0.984. The molecule has 3 aromatic rings. The molecule has 2 aromatic carbocycles. The van der Waals surface area contributed by atoms with Gasteiger partial charge in [-0.1, -0.05) is 24.3 Å². The topological polar surface area (TPSA) is 41.1 Å². The molecule has 2 heterocycles. The molecule has 0 saturated carbocycles. The number of aryl methyl sites for hydroxylation is 2. The van der Waals surface area contributed by atoms with Crippen molar-refractivity contribution in [2.24, 2.45) is 0 Å². The van der Waals surface area contributed by atoms with E-state index in [0.29, 0.717) is 0 Å². The van der Waals surface area contributed by atoms with Crippen LogP contribution in [0.3, 0.4) is 0 Å². The summed E-state index contributed by atoms with van der Waals surface area (Å²) in [6.45, 7) is 6.93. The molecule has 1 unspecified atom stereocenters. The van der Waals surface area contributed by atoms with Crippen LogP contribution in [0.2, 0.25) is 0 Å². The van der Waals surface area contributed by atoms with E-state index in [1.54, 1.807) is 6.07 Å². The number of nitrogens with zero attached hydrogens (tertiary/aromatic N) is 3. The number of nitrogens with one attached hydrogen (secondary N) is 1. The second-order valence-electron chi connectivity index (χ2n) is 7.10. The summed E-state index contributed by atoms with van der Waals surface area (Å²) in [5.74, 6) is 1.20. The van der Waals surface area contributed by atoms with Crippen molar-refractivity contribution in [1.29, 1.82) is 0 Å². The minimum absolute atomic E-state index is 0. The van der Waals surface area contributed by atoms with E-state index in [-0.39, 0.29) is 24.3 Å². The van der Waals surface area contributed by atoms with Crippen LogP contribution in [-0.4, -0.2) is 16.5 Å². The van der Waals surface area contributed by atoms with Gasteiger partial charge in [-0.3, -0.25) is 0 Å². The molecule has 1 aromatic heterocycles. The summed E-state index contributed by atoms with van der Waals surface area (Å²) in [5, 5.41) is 3.31. The molecule has 1 N–H and O–H groups in total. The van der Waals surface area contributed by atoms with Crippen LogP contribution in [0, 0.1) is 19.7 Å². The summed E-state index contributed by atoms with van der Waals surface area (Å²) in [6, 6.07) is 15.4. The van der Waals surface area contributed by atoms with Crippen LogP contribution in [0.1, 0.15) is 35.3 Å². The lowest BCUT2D eigenvalue weighted by atomic mass is 9.94. The zero-order chi connectivity index (χ0) is 19.0. The Kier molecular flexibility index (Phi) is 5.84. The van der Waals surface area contributed by atoms with Gasteiger partial charge in [0.05, 0.1) is 6.04 Å². The molecule has 28 heavy (non-hydrogen) atoms. The van der Waals surface area contributed by atoms with E-state index in [2.05, 4.69) is 46.4 Å². The van der Waals surface area contributed by atoms with Gasteiger partial charge in [-0.2, -0.15) is 4.98 Å². The van der Waals surface area contributed by atoms with Gasteiger partial charge in [0.15, 0.2) is 0 Å². The fraction of sp³-hybridized carbons (Fsp3) is 0.273. The molecule has 0 aliphatic carbocycles. The Morgan fingerprint density at radius 2 is 1.86 bits per heavy atom. The predicted molar refractivity (Wildman–Crippen MR) is 114 cm³/mol. The molecule has 1 atom stereocenters. The first-order valence-corrected chi connectivity index (χ1v) is 9.24. The molecular formula is C22H24ClFN4. The molecule has 146 valence electrons. The molecule has 4 rings (SSSR count). The largest absolute Gasteiger partial charge is 0.340 e. The van der Waals surface area contributed by atoms with Gasteiger partial charge in [0.25, 0.3) is 0 Å². The van der Waals surface area contributed by atoms with Gasteiger partial charge in [-0.05, 0) is 62.1 Å². The quantitative estimate of drug-likeness (QED) is 0.630. The molecule has 0 bridgehead atoms. The maximum atomic E-state index is 13.4. The Balaban J connectivity index is 0.00000225. The van der Waals surface area contributed by atoms with E-state index in [1.165, 1.54) is 23.3 Å². The van der Waals surface area contributed by atoms with E-state index in [9.17, 15) is 4.39 Å². The first-order valence-electron chi connectivity index (χ1n) is 9.24. The van der Waals surface area contributed by atoms with Gasteiger partial charge in [0.1, 0.15) is 11.6 Å². The monoisotopic (exact) mass is 398 g/mol. The zero-order valence-corrected chi connectivity index (χ0v) is 17.1. The number of anilines is 3. The molecule has 0 radical (unpaired) electrons. The van der Waals surface area contributed by atoms with E-state index in [0.717, 1.165) is 41.7 Å². The third-order valence-electron chi connectivity index (χ3n) is 5.15. The van der Waals surface area contributed by atoms with Crippen molar-refractivity contribution in [1.82, 2.24) is 9.97 Å². The second-order valence-corrected chi connectivity index (χ2v) is 7.10. The molecule has 6 heteroatoms. The highest BCUT2D eigenvalue weighted by Gasteiger charge is 2.25. The predicted octanol–water partition coefficient (Wildman–Crippen LogP) is 5.52. The third-order valence-corrected chi connectivity index (χ3v) is 5.15. The molecule has 1 aliphatic rings.